The molecule has 3 heterocycles. The van der Waals surface area contributed by atoms with Gasteiger partial charge in [-0.2, -0.15) is 0 Å². The fourth-order valence-electron chi connectivity index (χ4n) is 3.22. The Morgan fingerprint density at radius 3 is 2.74 bits per heavy atom. The molecule has 0 amide bonds. The highest BCUT2D eigenvalue weighted by Crippen LogP contribution is 2.38. The second-order valence-corrected chi connectivity index (χ2v) is 6.44. The number of anilines is 1. The van der Waals surface area contributed by atoms with Gasteiger partial charge in [-0.25, -0.2) is 4.98 Å². The Kier molecular flexibility index (Phi) is 3.67. The Bertz CT molecular complexity index is 1110. The van der Waals surface area contributed by atoms with Crippen LogP contribution in [0.1, 0.15) is 18.5 Å². The monoisotopic (exact) mass is 359 g/mol. The van der Waals surface area contributed by atoms with E-state index in [1.807, 2.05) is 42.5 Å². The van der Waals surface area contributed by atoms with E-state index in [2.05, 4.69) is 34.5 Å². The summed E-state index contributed by atoms with van der Waals surface area (Å²) in [7, 11) is 0. The first-order chi connectivity index (χ1) is 13.3. The number of pyridine rings is 1. The molecule has 0 fully saturated rings. The lowest BCUT2D eigenvalue weighted by Gasteiger charge is -2.14. The maximum Gasteiger partial charge on any atom is 0.231 e. The van der Waals surface area contributed by atoms with E-state index in [0.717, 1.165) is 28.2 Å². The topological polar surface area (TPSA) is 69.4 Å². The van der Waals surface area contributed by atoms with E-state index in [1.165, 1.54) is 5.56 Å². The summed E-state index contributed by atoms with van der Waals surface area (Å²) in [5.74, 6) is 2.23. The zero-order chi connectivity index (χ0) is 18.2. The third-order valence-corrected chi connectivity index (χ3v) is 4.67. The van der Waals surface area contributed by atoms with Crippen molar-refractivity contribution in [1.82, 2.24) is 10.1 Å². The predicted molar refractivity (Wildman–Crippen MR) is 102 cm³/mol. The summed E-state index contributed by atoms with van der Waals surface area (Å²) in [6.45, 7) is 2.35. The van der Waals surface area contributed by atoms with Crippen molar-refractivity contribution in [2.45, 2.75) is 13.0 Å². The molecule has 1 aliphatic heterocycles. The number of hydrogen-bond donors (Lipinski definition) is 1. The number of aromatic nitrogens is 2. The molecule has 4 aromatic rings. The van der Waals surface area contributed by atoms with Gasteiger partial charge in [-0.1, -0.05) is 35.5 Å². The first kappa shape index (κ1) is 15.7. The van der Waals surface area contributed by atoms with Gasteiger partial charge >= 0.3 is 0 Å². The van der Waals surface area contributed by atoms with Crippen molar-refractivity contribution in [1.29, 1.82) is 0 Å². The molecule has 2 aromatic carbocycles. The molecule has 1 aliphatic rings. The normalized spacial score (nSPS) is 13.7. The third kappa shape index (κ3) is 2.85. The van der Waals surface area contributed by atoms with Crippen LogP contribution < -0.4 is 14.8 Å². The van der Waals surface area contributed by atoms with Gasteiger partial charge < -0.3 is 19.3 Å². The second kappa shape index (κ2) is 6.32. The highest BCUT2D eigenvalue weighted by Gasteiger charge is 2.18. The summed E-state index contributed by atoms with van der Waals surface area (Å²) >= 11 is 0. The van der Waals surface area contributed by atoms with Gasteiger partial charge in [0.1, 0.15) is 11.5 Å². The van der Waals surface area contributed by atoms with Crippen molar-refractivity contribution in [2.75, 3.05) is 12.1 Å². The molecule has 27 heavy (non-hydrogen) atoms. The van der Waals surface area contributed by atoms with Crippen LogP contribution in [0.25, 0.3) is 22.2 Å². The second-order valence-electron chi connectivity index (χ2n) is 6.44. The van der Waals surface area contributed by atoms with Gasteiger partial charge in [0.25, 0.3) is 0 Å². The summed E-state index contributed by atoms with van der Waals surface area (Å²) in [5, 5.41) is 8.56. The van der Waals surface area contributed by atoms with E-state index in [4.69, 9.17) is 14.0 Å². The molecule has 6 nitrogen and oxygen atoms in total. The Balaban J connectivity index is 1.49. The lowest BCUT2D eigenvalue weighted by molar-refractivity contribution is 0.174. The number of hydrogen-bond acceptors (Lipinski definition) is 6. The zero-order valence-corrected chi connectivity index (χ0v) is 14.7. The molecular weight excluding hydrogens is 342 g/mol. The Labute approximate surface area is 155 Å². The molecule has 5 rings (SSSR count). The highest BCUT2D eigenvalue weighted by atomic mass is 16.7. The summed E-state index contributed by atoms with van der Waals surface area (Å²) in [6.07, 6.45) is 1.69. The van der Waals surface area contributed by atoms with Gasteiger partial charge in [-0.05, 0) is 36.8 Å². The van der Waals surface area contributed by atoms with Crippen LogP contribution in [0.5, 0.6) is 11.5 Å². The molecule has 0 radical (unpaired) electrons. The molecule has 1 N–H and O–H groups in total. The van der Waals surface area contributed by atoms with E-state index in [-0.39, 0.29) is 12.8 Å². The maximum absolute atomic E-state index is 5.47. The standard InChI is InChI=1S/C21H17N3O3/c1-13(14-5-3-2-4-6-14)23-20-10-16-19(11-22-20)27-24-21(16)15-7-8-17-18(9-15)26-12-25-17/h2-11,13H,12H2,1H3,(H,22,23)/t13-/m0/s1. The fourth-order valence-corrected chi connectivity index (χ4v) is 3.22. The number of fused-ring (bicyclic) bond motifs is 2. The molecule has 1 atom stereocenters. The minimum Gasteiger partial charge on any atom is -0.454 e. The molecular formula is C21H17N3O3. The molecule has 0 saturated heterocycles. The van der Waals surface area contributed by atoms with E-state index < -0.39 is 0 Å². The quantitative estimate of drug-likeness (QED) is 0.565. The average Bonchev–Trinajstić information content (AvgIpc) is 3.34. The van der Waals surface area contributed by atoms with Crippen LogP contribution in [0, 0.1) is 0 Å². The van der Waals surface area contributed by atoms with E-state index in [1.54, 1.807) is 6.20 Å². The van der Waals surface area contributed by atoms with Gasteiger partial charge in [0.2, 0.25) is 6.79 Å². The first-order valence-corrected chi connectivity index (χ1v) is 8.75. The molecule has 2 aromatic heterocycles. The third-order valence-electron chi connectivity index (χ3n) is 4.67. The molecule has 6 heteroatoms. The zero-order valence-electron chi connectivity index (χ0n) is 14.7. The van der Waals surface area contributed by atoms with E-state index >= 15 is 0 Å². The van der Waals surface area contributed by atoms with E-state index in [9.17, 15) is 0 Å². The Morgan fingerprint density at radius 2 is 1.85 bits per heavy atom. The van der Waals surface area contributed by atoms with Crippen LogP contribution in [0.2, 0.25) is 0 Å². The number of nitrogens with one attached hydrogen (secondary N) is 1. The largest absolute Gasteiger partial charge is 0.454 e. The number of nitrogens with zero attached hydrogens (tertiary/aromatic N) is 2. The lowest BCUT2D eigenvalue weighted by atomic mass is 10.1. The molecule has 0 spiro atoms. The SMILES string of the molecule is C[C@H](Nc1cc2c(-c3ccc4c(c3)OCO4)noc2cn1)c1ccccc1. The van der Waals surface area contributed by atoms with Gasteiger partial charge in [-0.3, -0.25) is 0 Å². The summed E-state index contributed by atoms with van der Waals surface area (Å²) < 4.78 is 16.3. The van der Waals surface area contributed by atoms with Gasteiger partial charge in [-0.15, -0.1) is 0 Å². The van der Waals surface area contributed by atoms with Crippen molar-refractivity contribution in [3.8, 4) is 22.8 Å². The fraction of sp³-hybridized carbons (Fsp3) is 0.143. The Morgan fingerprint density at radius 1 is 1.00 bits per heavy atom. The van der Waals surface area contributed by atoms with Gasteiger partial charge in [0.15, 0.2) is 17.1 Å². The lowest BCUT2D eigenvalue weighted by Crippen LogP contribution is -2.07. The number of rotatable bonds is 4. The van der Waals surface area contributed by atoms with Gasteiger partial charge in [0.05, 0.1) is 11.6 Å². The molecule has 134 valence electrons. The van der Waals surface area contributed by atoms with Crippen molar-refractivity contribution in [2.24, 2.45) is 0 Å². The maximum atomic E-state index is 5.47. The smallest absolute Gasteiger partial charge is 0.231 e. The van der Waals surface area contributed by atoms with Gasteiger partial charge in [0, 0.05) is 11.6 Å². The van der Waals surface area contributed by atoms with Crippen molar-refractivity contribution in [3.05, 3.63) is 66.4 Å². The summed E-state index contributed by atoms with van der Waals surface area (Å²) in [5.41, 5.74) is 3.49. The molecule has 0 unspecified atom stereocenters. The van der Waals surface area contributed by atoms with Crippen LogP contribution in [0.3, 0.4) is 0 Å². The first-order valence-electron chi connectivity index (χ1n) is 8.75. The molecule has 0 saturated carbocycles. The van der Waals surface area contributed by atoms with Crippen molar-refractivity contribution < 1.29 is 14.0 Å². The highest BCUT2D eigenvalue weighted by molar-refractivity contribution is 5.93. The summed E-state index contributed by atoms with van der Waals surface area (Å²) in [4.78, 5) is 4.45. The number of benzene rings is 2. The van der Waals surface area contributed by atoms with E-state index in [0.29, 0.717) is 11.3 Å². The average molecular weight is 359 g/mol. The van der Waals surface area contributed by atoms with Crippen molar-refractivity contribution >= 4 is 16.8 Å². The van der Waals surface area contributed by atoms with Crippen LogP contribution >= 0.6 is 0 Å². The minimum absolute atomic E-state index is 0.130. The van der Waals surface area contributed by atoms with Crippen LogP contribution in [-0.4, -0.2) is 16.9 Å². The number of ether oxygens (including phenoxy) is 2. The summed E-state index contributed by atoms with van der Waals surface area (Å²) in [6, 6.07) is 18.1. The van der Waals surface area contributed by atoms with Crippen LogP contribution in [0.15, 0.2) is 65.3 Å². The van der Waals surface area contributed by atoms with Crippen LogP contribution in [0.4, 0.5) is 5.82 Å². The van der Waals surface area contributed by atoms with Crippen molar-refractivity contribution in [3.63, 3.8) is 0 Å². The molecule has 0 bridgehead atoms. The van der Waals surface area contributed by atoms with Crippen LogP contribution in [-0.2, 0) is 0 Å². The predicted octanol–water partition coefficient (Wildman–Crippen LogP) is 4.79. The Hall–Kier alpha value is -3.54. The minimum atomic E-state index is 0.130. The molecule has 0 aliphatic carbocycles.